The molecular formula is C22H26N2O6S. The first-order chi connectivity index (χ1) is 14.9. The van der Waals surface area contributed by atoms with E-state index < -0.39 is 15.9 Å². The number of amides is 1. The number of ether oxygens (including phenoxy) is 3. The fourth-order valence-corrected chi connectivity index (χ4v) is 4.75. The molecule has 31 heavy (non-hydrogen) atoms. The smallest absolute Gasteiger partial charge is 0.245 e. The predicted octanol–water partition coefficient (Wildman–Crippen LogP) is 3.53. The van der Waals surface area contributed by atoms with Crippen molar-refractivity contribution in [2.24, 2.45) is 0 Å². The average molecular weight is 447 g/mol. The van der Waals surface area contributed by atoms with E-state index in [4.69, 9.17) is 14.2 Å². The molecule has 0 bridgehead atoms. The molecule has 1 saturated carbocycles. The molecule has 2 aromatic rings. The number of sulfonamides is 1. The lowest BCUT2D eigenvalue weighted by atomic mass is 10.2. The Morgan fingerprint density at radius 3 is 2.52 bits per heavy atom. The number of rotatable bonds is 8. The van der Waals surface area contributed by atoms with Crippen molar-refractivity contribution in [3.05, 3.63) is 42.5 Å². The maximum absolute atomic E-state index is 12.7. The Labute approximate surface area is 182 Å². The first-order valence-corrected chi connectivity index (χ1v) is 12.0. The number of carbonyl (C=O) groups excluding carboxylic acids is 1. The van der Waals surface area contributed by atoms with Gasteiger partial charge in [-0.15, -0.1) is 0 Å². The summed E-state index contributed by atoms with van der Waals surface area (Å²) in [5, 5.41) is 2.75. The number of nitrogens with one attached hydrogen (secondary N) is 1. The van der Waals surface area contributed by atoms with Crippen molar-refractivity contribution in [3.8, 4) is 17.2 Å². The van der Waals surface area contributed by atoms with Crippen molar-refractivity contribution in [2.75, 3.05) is 28.7 Å². The molecule has 9 heteroatoms. The van der Waals surface area contributed by atoms with Crippen LogP contribution >= 0.6 is 0 Å². The highest BCUT2D eigenvalue weighted by atomic mass is 32.2. The minimum Gasteiger partial charge on any atom is -0.490 e. The zero-order valence-corrected chi connectivity index (χ0v) is 18.2. The summed E-state index contributed by atoms with van der Waals surface area (Å²) in [6, 6.07) is 11.9. The van der Waals surface area contributed by atoms with E-state index in [9.17, 15) is 13.2 Å². The van der Waals surface area contributed by atoms with Crippen LogP contribution in [0.3, 0.4) is 0 Å². The lowest BCUT2D eigenvalue weighted by Gasteiger charge is -2.23. The normalized spacial score (nSPS) is 15.6. The van der Waals surface area contributed by atoms with Gasteiger partial charge in [-0.05, 0) is 69.0 Å². The van der Waals surface area contributed by atoms with Crippen LogP contribution in [-0.4, -0.2) is 39.5 Å². The van der Waals surface area contributed by atoms with Crippen LogP contribution in [0, 0.1) is 0 Å². The van der Waals surface area contributed by atoms with Crippen molar-refractivity contribution in [1.82, 2.24) is 0 Å². The summed E-state index contributed by atoms with van der Waals surface area (Å²) < 4.78 is 42.9. The van der Waals surface area contributed by atoms with E-state index in [-0.39, 0.29) is 25.2 Å². The summed E-state index contributed by atoms with van der Waals surface area (Å²) in [6.07, 6.45) is 4.79. The maximum Gasteiger partial charge on any atom is 0.245 e. The molecule has 2 aromatic carbocycles. The Bertz CT molecular complexity index is 1030. The number of fused-ring (bicyclic) bond motifs is 1. The van der Waals surface area contributed by atoms with Gasteiger partial charge in [0.1, 0.15) is 12.3 Å². The van der Waals surface area contributed by atoms with Crippen LogP contribution in [0.4, 0.5) is 11.4 Å². The number of nitrogens with zero attached hydrogens (tertiary/aromatic N) is 1. The van der Waals surface area contributed by atoms with Gasteiger partial charge >= 0.3 is 0 Å². The number of hydrogen-bond donors (Lipinski definition) is 1. The van der Waals surface area contributed by atoms with E-state index in [1.54, 1.807) is 30.3 Å². The SMILES string of the molecule is CCS(=O)(=O)N(CC(=O)Nc1ccc(OC2CCCC2)cc1)c1ccc2c(c1)OCO2. The Kier molecular flexibility index (Phi) is 6.22. The third kappa shape index (κ3) is 5.04. The summed E-state index contributed by atoms with van der Waals surface area (Å²) in [4.78, 5) is 12.7. The van der Waals surface area contributed by atoms with Crippen LogP contribution in [0.1, 0.15) is 32.6 Å². The molecule has 0 spiro atoms. The number of anilines is 2. The molecule has 0 radical (unpaired) electrons. The van der Waals surface area contributed by atoms with Gasteiger partial charge in [0.05, 0.1) is 17.5 Å². The van der Waals surface area contributed by atoms with Crippen LogP contribution < -0.4 is 23.8 Å². The van der Waals surface area contributed by atoms with Gasteiger partial charge in [-0.1, -0.05) is 0 Å². The van der Waals surface area contributed by atoms with Crippen LogP contribution in [0.25, 0.3) is 0 Å². The standard InChI is InChI=1S/C22H26N2O6S/c1-2-31(26,27)24(17-9-12-20-21(13-17)29-15-28-20)14-22(25)23-16-7-10-19(11-8-16)30-18-5-3-4-6-18/h7-13,18H,2-6,14-15H2,1H3,(H,23,25). The van der Waals surface area contributed by atoms with Crippen LogP contribution in [0.5, 0.6) is 17.2 Å². The molecule has 8 nitrogen and oxygen atoms in total. The van der Waals surface area contributed by atoms with Crippen LogP contribution in [0.15, 0.2) is 42.5 Å². The molecule has 1 aliphatic heterocycles. The van der Waals surface area contributed by atoms with Crippen molar-refractivity contribution >= 4 is 27.3 Å². The fraction of sp³-hybridized carbons (Fsp3) is 0.409. The predicted molar refractivity (Wildman–Crippen MR) is 117 cm³/mol. The van der Waals surface area contributed by atoms with Crippen LogP contribution in [0.2, 0.25) is 0 Å². The summed E-state index contributed by atoms with van der Waals surface area (Å²) in [7, 11) is -3.68. The number of carbonyl (C=O) groups is 1. The Balaban J connectivity index is 1.44. The Hall–Kier alpha value is -2.94. The third-order valence-corrected chi connectivity index (χ3v) is 7.12. The molecule has 166 valence electrons. The maximum atomic E-state index is 12.7. The average Bonchev–Trinajstić information content (AvgIpc) is 3.44. The molecule has 0 aromatic heterocycles. The fourth-order valence-electron chi connectivity index (χ4n) is 3.69. The van der Waals surface area contributed by atoms with E-state index in [0.29, 0.717) is 22.9 Å². The van der Waals surface area contributed by atoms with Crippen molar-refractivity contribution in [1.29, 1.82) is 0 Å². The Morgan fingerprint density at radius 2 is 1.81 bits per heavy atom. The van der Waals surface area contributed by atoms with E-state index >= 15 is 0 Å². The van der Waals surface area contributed by atoms with Crippen molar-refractivity contribution in [2.45, 2.75) is 38.7 Å². The van der Waals surface area contributed by atoms with Crippen molar-refractivity contribution in [3.63, 3.8) is 0 Å². The van der Waals surface area contributed by atoms with E-state index in [0.717, 1.165) is 22.9 Å². The second-order valence-electron chi connectivity index (χ2n) is 7.54. The molecule has 2 aliphatic rings. The van der Waals surface area contributed by atoms with Crippen LogP contribution in [-0.2, 0) is 14.8 Å². The van der Waals surface area contributed by atoms with E-state index in [2.05, 4.69) is 5.32 Å². The van der Waals surface area contributed by atoms with Gasteiger partial charge in [0.2, 0.25) is 22.7 Å². The largest absolute Gasteiger partial charge is 0.490 e. The molecule has 4 rings (SSSR count). The number of benzene rings is 2. The van der Waals surface area contributed by atoms with Gasteiger partial charge < -0.3 is 19.5 Å². The first kappa shape index (κ1) is 21.3. The topological polar surface area (TPSA) is 94.2 Å². The molecule has 0 unspecified atom stereocenters. The highest BCUT2D eigenvalue weighted by molar-refractivity contribution is 7.92. The quantitative estimate of drug-likeness (QED) is 0.667. The molecule has 1 heterocycles. The second-order valence-corrected chi connectivity index (χ2v) is 9.72. The van der Waals surface area contributed by atoms with Gasteiger partial charge in [0.25, 0.3) is 0 Å². The van der Waals surface area contributed by atoms with E-state index in [1.165, 1.54) is 19.8 Å². The molecule has 1 fully saturated rings. The zero-order valence-electron chi connectivity index (χ0n) is 17.4. The van der Waals surface area contributed by atoms with E-state index in [1.807, 2.05) is 12.1 Å². The lowest BCUT2D eigenvalue weighted by Crippen LogP contribution is -2.39. The summed E-state index contributed by atoms with van der Waals surface area (Å²) in [5.41, 5.74) is 0.921. The number of hydrogen-bond acceptors (Lipinski definition) is 6. The molecule has 1 N–H and O–H groups in total. The Morgan fingerprint density at radius 1 is 1.10 bits per heavy atom. The van der Waals surface area contributed by atoms with Crippen molar-refractivity contribution < 1.29 is 27.4 Å². The summed E-state index contributed by atoms with van der Waals surface area (Å²) in [5.74, 6) is 1.18. The van der Waals surface area contributed by atoms with Gasteiger partial charge in [0, 0.05) is 11.8 Å². The highest BCUT2D eigenvalue weighted by Gasteiger charge is 2.26. The molecule has 1 aliphatic carbocycles. The summed E-state index contributed by atoms with van der Waals surface area (Å²) in [6.45, 7) is 1.27. The lowest BCUT2D eigenvalue weighted by molar-refractivity contribution is -0.114. The zero-order chi connectivity index (χ0) is 21.8. The minimum atomic E-state index is -3.68. The monoisotopic (exact) mass is 446 g/mol. The summed E-state index contributed by atoms with van der Waals surface area (Å²) >= 11 is 0. The molecule has 0 saturated heterocycles. The van der Waals surface area contributed by atoms with Gasteiger partial charge in [0.15, 0.2) is 11.5 Å². The second kappa shape index (κ2) is 9.05. The minimum absolute atomic E-state index is 0.0836. The van der Waals surface area contributed by atoms with Gasteiger partial charge in [-0.2, -0.15) is 0 Å². The molecule has 1 amide bonds. The molecular weight excluding hydrogens is 420 g/mol. The first-order valence-electron chi connectivity index (χ1n) is 10.4. The third-order valence-electron chi connectivity index (χ3n) is 5.37. The van der Waals surface area contributed by atoms with Gasteiger partial charge in [-0.3, -0.25) is 9.10 Å². The highest BCUT2D eigenvalue weighted by Crippen LogP contribution is 2.36. The molecule has 0 atom stereocenters. The van der Waals surface area contributed by atoms with Gasteiger partial charge in [-0.25, -0.2) is 8.42 Å².